The van der Waals surface area contributed by atoms with Gasteiger partial charge < -0.3 is 15.2 Å². The lowest BCUT2D eigenvalue weighted by atomic mass is 9.95. The Kier molecular flexibility index (Phi) is 5.24. The maximum Gasteiger partial charge on any atom is 0.335 e. The number of amides is 1. The largest absolute Gasteiger partial charge is 0.496 e. The molecule has 0 fully saturated rings. The van der Waals surface area contributed by atoms with Crippen molar-refractivity contribution in [3.05, 3.63) is 58.7 Å². The average molecular weight is 327 g/mol. The van der Waals surface area contributed by atoms with E-state index in [2.05, 4.69) is 5.32 Å². The minimum absolute atomic E-state index is 0.170. The Morgan fingerprint density at radius 1 is 1.08 bits per heavy atom. The zero-order valence-electron chi connectivity index (χ0n) is 14.2. The van der Waals surface area contributed by atoms with Crippen LogP contribution in [0.25, 0.3) is 0 Å². The van der Waals surface area contributed by atoms with Crippen molar-refractivity contribution in [2.24, 2.45) is 0 Å². The molecule has 0 radical (unpaired) electrons. The van der Waals surface area contributed by atoms with E-state index >= 15 is 0 Å². The lowest BCUT2D eigenvalue weighted by molar-refractivity contribution is 0.0696. The SMILES string of the molecule is COc1c(C(C)C)ccc(C)c1C(=O)Nc1ccc(C(=O)O)cc1. The van der Waals surface area contributed by atoms with Crippen LogP contribution in [0.5, 0.6) is 5.75 Å². The third kappa shape index (κ3) is 3.56. The molecule has 0 aliphatic heterocycles. The van der Waals surface area contributed by atoms with Crippen molar-refractivity contribution in [2.75, 3.05) is 12.4 Å². The summed E-state index contributed by atoms with van der Waals surface area (Å²) in [5, 5.41) is 11.7. The van der Waals surface area contributed by atoms with E-state index in [0.29, 0.717) is 17.0 Å². The molecule has 126 valence electrons. The molecule has 5 nitrogen and oxygen atoms in total. The number of anilines is 1. The molecule has 0 heterocycles. The molecular weight excluding hydrogens is 306 g/mol. The number of rotatable bonds is 5. The van der Waals surface area contributed by atoms with Gasteiger partial charge in [-0.05, 0) is 48.2 Å². The number of carboxylic acids is 1. The second-order valence-corrected chi connectivity index (χ2v) is 5.87. The van der Waals surface area contributed by atoms with Crippen molar-refractivity contribution in [1.29, 1.82) is 0 Å². The van der Waals surface area contributed by atoms with Crippen molar-refractivity contribution in [3.8, 4) is 5.75 Å². The molecule has 2 N–H and O–H groups in total. The van der Waals surface area contributed by atoms with Gasteiger partial charge in [0.15, 0.2) is 0 Å². The predicted molar refractivity (Wildman–Crippen MR) is 93.2 cm³/mol. The number of carbonyl (C=O) groups excluding carboxylic acids is 1. The van der Waals surface area contributed by atoms with Gasteiger partial charge >= 0.3 is 5.97 Å². The monoisotopic (exact) mass is 327 g/mol. The summed E-state index contributed by atoms with van der Waals surface area (Å²) >= 11 is 0. The minimum Gasteiger partial charge on any atom is -0.496 e. The average Bonchev–Trinajstić information content (AvgIpc) is 2.54. The van der Waals surface area contributed by atoms with E-state index in [1.54, 1.807) is 19.2 Å². The van der Waals surface area contributed by atoms with Gasteiger partial charge in [0.1, 0.15) is 5.75 Å². The highest BCUT2D eigenvalue weighted by Crippen LogP contribution is 2.32. The van der Waals surface area contributed by atoms with Crippen molar-refractivity contribution in [1.82, 2.24) is 0 Å². The molecule has 1 amide bonds. The number of hydrogen-bond acceptors (Lipinski definition) is 3. The number of nitrogens with one attached hydrogen (secondary N) is 1. The molecule has 0 aromatic heterocycles. The Hall–Kier alpha value is -2.82. The van der Waals surface area contributed by atoms with E-state index < -0.39 is 5.97 Å². The van der Waals surface area contributed by atoms with Crippen molar-refractivity contribution >= 4 is 17.6 Å². The number of aryl methyl sites for hydroxylation is 1. The Balaban J connectivity index is 2.35. The summed E-state index contributed by atoms with van der Waals surface area (Å²) in [6.07, 6.45) is 0. The van der Waals surface area contributed by atoms with Crippen molar-refractivity contribution < 1.29 is 19.4 Å². The Morgan fingerprint density at radius 2 is 1.71 bits per heavy atom. The van der Waals surface area contributed by atoms with Gasteiger partial charge in [-0.3, -0.25) is 4.79 Å². The predicted octanol–water partition coefficient (Wildman–Crippen LogP) is 4.08. The minimum atomic E-state index is -1.00. The summed E-state index contributed by atoms with van der Waals surface area (Å²) in [6.45, 7) is 5.94. The van der Waals surface area contributed by atoms with Crippen LogP contribution in [0.2, 0.25) is 0 Å². The molecule has 2 aromatic rings. The van der Waals surface area contributed by atoms with Crippen molar-refractivity contribution in [2.45, 2.75) is 26.7 Å². The summed E-state index contributed by atoms with van der Waals surface area (Å²) in [4.78, 5) is 23.6. The van der Waals surface area contributed by atoms with Crippen LogP contribution in [0.4, 0.5) is 5.69 Å². The standard InChI is InChI=1S/C19H21NO4/c1-11(2)15-10-5-12(3)16(17(15)24-4)18(21)20-14-8-6-13(7-9-14)19(22)23/h5-11H,1-4H3,(H,20,21)(H,22,23). The number of aromatic carboxylic acids is 1. The number of ether oxygens (including phenoxy) is 1. The molecule has 2 rings (SSSR count). The van der Waals surface area contributed by atoms with E-state index in [9.17, 15) is 9.59 Å². The molecular formula is C19H21NO4. The molecule has 0 aliphatic carbocycles. The summed E-state index contributed by atoms with van der Waals surface area (Å²) in [6, 6.07) is 9.90. The van der Waals surface area contributed by atoms with E-state index in [-0.39, 0.29) is 17.4 Å². The third-order valence-corrected chi connectivity index (χ3v) is 3.84. The number of hydrogen-bond donors (Lipinski definition) is 2. The molecule has 0 saturated carbocycles. The summed E-state index contributed by atoms with van der Waals surface area (Å²) in [5.74, 6) is -0.489. The van der Waals surface area contributed by atoms with Gasteiger partial charge in [0.25, 0.3) is 5.91 Å². The number of benzene rings is 2. The van der Waals surface area contributed by atoms with Crippen LogP contribution < -0.4 is 10.1 Å². The Morgan fingerprint density at radius 3 is 2.21 bits per heavy atom. The lowest BCUT2D eigenvalue weighted by Crippen LogP contribution is -2.16. The van der Waals surface area contributed by atoms with Crippen LogP contribution in [0, 0.1) is 6.92 Å². The molecule has 0 bridgehead atoms. The Labute approximate surface area is 141 Å². The highest BCUT2D eigenvalue weighted by Gasteiger charge is 2.20. The van der Waals surface area contributed by atoms with Crippen LogP contribution in [0.3, 0.4) is 0 Å². The van der Waals surface area contributed by atoms with Crippen LogP contribution in [0.1, 0.15) is 51.6 Å². The van der Waals surface area contributed by atoms with Crippen LogP contribution in [-0.2, 0) is 0 Å². The van der Waals surface area contributed by atoms with Gasteiger partial charge in [0, 0.05) is 5.69 Å². The van der Waals surface area contributed by atoms with Gasteiger partial charge in [-0.15, -0.1) is 0 Å². The third-order valence-electron chi connectivity index (χ3n) is 3.84. The maximum absolute atomic E-state index is 12.7. The zero-order valence-corrected chi connectivity index (χ0v) is 14.2. The summed E-state index contributed by atoms with van der Waals surface area (Å²) in [7, 11) is 1.55. The number of methoxy groups -OCH3 is 1. The summed E-state index contributed by atoms with van der Waals surface area (Å²) < 4.78 is 5.49. The molecule has 0 spiro atoms. The quantitative estimate of drug-likeness (QED) is 0.867. The van der Waals surface area contributed by atoms with Gasteiger partial charge in [-0.1, -0.05) is 26.0 Å². The molecule has 0 unspecified atom stereocenters. The maximum atomic E-state index is 12.7. The van der Waals surface area contributed by atoms with E-state index in [1.165, 1.54) is 12.1 Å². The van der Waals surface area contributed by atoms with Crippen LogP contribution >= 0.6 is 0 Å². The molecule has 0 aliphatic rings. The smallest absolute Gasteiger partial charge is 0.335 e. The van der Waals surface area contributed by atoms with Crippen LogP contribution in [-0.4, -0.2) is 24.1 Å². The van der Waals surface area contributed by atoms with Gasteiger partial charge in [-0.2, -0.15) is 0 Å². The first kappa shape index (κ1) is 17.5. The van der Waals surface area contributed by atoms with Crippen molar-refractivity contribution in [3.63, 3.8) is 0 Å². The molecule has 24 heavy (non-hydrogen) atoms. The first-order chi connectivity index (χ1) is 11.3. The van der Waals surface area contributed by atoms with E-state index in [1.807, 2.05) is 32.9 Å². The molecule has 2 aromatic carbocycles. The first-order valence-corrected chi connectivity index (χ1v) is 7.67. The lowest BCUT2D eigenvalue weighted by Gasteiger charge is -2.18. The van der Waals surface area contributed by atoms with E-state index in [0.717, 1.165) is 11.1 Å². The Bertz CT molecular complexity index is 764. The molecule has 5 heteroatoms. The second kappa shape index (κ2) is 7.17. The number of carboxylic acid groups (broad SMARTS) is 1. The van der Waals surface area contributed by atoms with Gasteiger partial charge in [-0.25, -0.2) is 4.79 Å². The summed E-state index contributed by atoms with van der Waals surface area (Å²) in [5.41, 5.74) is 2.97. The van der Waals surface area contributed by atoms with Gasteiger partial charge in [0.2, 0.25) is 0 Å². The number of carbonyl (C=O) groups is 2. The first-order valence-electron chi connectivity index (χ1n) is 7.67. The van der Waals surface area contributed by atoms with Gasteiger partial charge in [0.05, 0.1) is 18.2 Å². The fourth-order valence-corrected chi connectivity index (χ4v) is 2.54. The molecule has 0 atom stereocenters. The second-order valence-electron chi connectivity index (χ2n) is 5.87. The highest BCUT2D eigenvalue weighted by molar-refractivity contribution is 6.07. The fraction of sp³-hybridized carbons (Fsp3) is 0.263. The normalized spacial score (nSPS) is 10.5. The fourth-order valence-electron chi connectivity index (χ4n) is 2.54. The topological polar surface area (TPSA) is 75.6 Å². The highest BCUT2D eigenvalue weighted by atomic mass is 16.5. The zero-order chi connectivity index (χ0) is 17.9. The van der Waals surface area contributed by atoms with E-state index in [4.69, 9.17) is 9.84 Å². The molecule has 0 saturated heterocycles. The van der Waals surface area contributed by atoms with Crippen LogP contribution in [0.15, 0.2) is 36.4 Å².